The van der Waals surface area contributed by atoms with E-state index in [9.17, 15) is 8.22 Å². The number of aromatic nitrogens is 2. The van der Waals surface area contributed by atoms with Crippen LogP contribution in [0.3, 0.4) is 0 Å². The van der Waals surface area contributed by atoms with Gasteiger partial charge < -0.3 is 18.9 Å². The number of rotatable bonds is 11. The van der Waals surface area contributed by atoms with Gasteiger partial charge in [-0.2, -0.15) is 0 Å². The molecule has 5 heteroatoms. The maximum absolute atomic E-state index is 9.88. The Bertz CT molecular complexity index is 6730. The van der Waals surface area contributed by atoms with E-state index in [4.69, 9.17) is 2.74 Å². The fraction of sp³-hybridized carbons (Fsp3) is 0.0400. The summed E-state index contributed by atoms with van der Waals surface area (Å²) in [5.74, 6) is 0. The average molecular weight is 1350 g/mol. The van der Waals surface area contributed by atoms with Gasteiger partial charge in [0.2, 0.25) is 0 Å². The summed E-state index contributed by atoms with van der Waals surface area (Å²) < 4.78 is 79.8. The van der Waals surface area contributed by atoms with Gasteiger partial charge in [0.1, 0.15) is 0 Å². The van der Waals surface area contributed by atoms with Gasteiger partial charge in [-0.25, -0.2) is 0 Å². The monoisotopic (exact) mass is 1350 g/mol. The molecular formula is C100H71BN4. The highest BCUT2D eigenvalue weighted by Gasteiger charge is 2.46. The quantitative estimate of drug-likeness (QED) is 0.120. The van der Waals surface area contributed by atoms with Crippen LogP contribution >= 0.6 is 0 Å². The summed E-state index contributed by atoms with van der Waals surface area (Å²) in [5.41, 5.74) is 27.0. The molecule has 0 N–H and O–H groups in total. The SMILES string of the molecule is [2H]c1c([2H])c([2H])c2c(c1[2H])c1c([2H])c([2H])c([2H])c([2H])c1n2-c1ccc2c(c1)N(c1c(-c3ccccc3)cc(-c3ccccc3)cc1-c1ccccc1)c1cc(C(C)(C)C)cc3c1B2c1ccc(-c2ccc4c(c2)c2ccccc2n4-c2ccccc2)cc1N3c1c(-c2ccccc2)cc(-c2ccccc2)cc1-c1ccccc1. The zero-order chi connectivity index (χ0) is 76.8. The van der Waals surface area contributed by atoms with Crippen molar-refractivity contribution >= 4 is 101 Å². The van der Waals surface area contributed by atoms with E-state index < -0.39 is 48.4 Å². The predicted molar refractivity (Wildman–Crippen MR) is 446 cm³/mol. The van der Waals surface area contributed by atoms with E-state index in [2.05, 4.69) is 338 Å². The number of hydrogen-bond acceptors (Lipinski definition) is 2. The molecule has 0 radical (unpaired) electrons. The maximum Gasteiger partial charge on any atom is 0.252 e. The van der Waals surface area contributed by atoms with Crippen molar-refractivity contribution in [1.82, 2.24) is 9.13 Å². The van der Waals surface area contributed by atoms with Gasteiger partial charge in [0.15, 0.2) is 0 Å². The number of hydrogen-bond donors (Lipinski definition) is 0. The Morgan fingerprint density at radius 2 is 0.648 bits per heavy atom. The lowest BCUT2D eigenvalue weighted by Crippen LogP contribution is -2.61. The Labute approximate surface area is 624 Å². The van der Waals surface area contributed by atoms with E-state index in [-0.39, 0.29) is 33.9 Å². The van der Waals surface area contributed by atoms with Crippen molar-refractivity contribution in [3.8, 4) is 89.3 Å². The Morgan fingerprint density at radius 1 is 0.267 bits per heavy atom. The van der Waals surface area contributed by atoms with Crippen LogP contribution in [0.25, 0.3) is 133 Å². The molecule has 16 aromatic carbocycles. The van der Waals surface area contributed by atoms with E-state index in [1.807, 2.05) is 24.3 Å². The lowest BCUT2D eigenvalue weighted by molar-refractivity contribution is 0.590. The molecule has 2 aliphatic rings. The van der Waals surface area contributed by atoms with Crippen molar-refractivity contribution < 1.29 is 11.0 Å². The second-order valence-electron chi connectivity index (χ2n) is 28.5. The largest absolute Gasteiger partial charge is 0.310 e. The molecule has 2 aromatic heterocycles. The number of nitrogens with zero attached hydrogens (tertiary/aromatic N) is 4. The molecule has 20 rings (SSSR count). The number of anilines is 6. The molecule has 2 aliphatic heterocycles. The fourth-order valence-electron chi connectivity index (χ4n) is 16.6. The van der Waals surface area contributed by atoms with Gasteiger partial charge in [0, 0.05) is 77.9 Å². The van der Waals surface area contributed by atoms with Crippen molar-refractivity contribution in [3.63, 3.8) is 0 Å². The Balaban J connectivity index is 0.965. The highest BCUT2D eigenvalue weighted by atomic mass is 15.2. The van der Waals surface area contributed by atoms with E-state index in [0.29, 0.717) is 5.69 Å². The van der Waals surface area contributed by atoms with Gasteiger partial charge >= 0.3 is 0 Å². The first-order valence-electron chi connectivity index (χ1n) is 39.9. The standard InChI is InChI=1S/C100H71BN4/c1-100(2,3)76-63-95-97-96(64-76)105(99-84(70-39-19-8-20-40-70)60-75(67-33-13-5-14-34-67)61-85(99)71-41-21-9-22-42-71)94-65-78(103-89-48-28-25-45-79(89)80-46-26-29-49-90(80)103)53-55-88(94)101(97)87-54-51-73(72-52-56-92-86(57-72)81-47-27-30-50-91(81)102(92)77-43-23-10-24-44-77)62-93(87)104(95)98-82(68-35-15-6-16-36-68)58-74(66-31-11-4-12-32-66)59-83(98)69-37-17-7-18-38-69/h4-65H,1-3H3/i25D,26D,28D,29D,45D,46D,48D,49D. The molecule has 0 spiro atoms. The molecule has 4 heterocycles. The summed E-state index contributed by atoms with van der Waals surface area (Å²) in [7, 11) is 0. The predicted octanol–water partition coefficient (Wildman–Crippen LogP) is 24.9. The fourth-order valence-corrected chi connectivity index (χ4v) is 16.6. The van der Waals surface area contributed by atoms with Crippen LogP contribution in [0.5, 0.6) is 0 Å². The Hall–Kier alpha value is -13.2. The first-order chi connectivity index (χ1) is 55.1. The van der Waals surface area contributed by atoms with Crippen LogP contribution in [0, 0.1) is 0 Å². The molecule has 0 saturated carbocycles. The van der Waals surface area contributed by atoms with Gasteiger partial charge in [-0.3, -0.25) is 0 Å². The minimum atomic E-state index is -0.512. The summed E-state index contributed by atoms with van der Waals surface area (Å²) in [5, 5.41) is 2.29. The highest BCUT2D eigenvalue weighted by Crippen LogP contribution is 2.56. The molecule has 0 bridgehead atoms. The first-order valence-corrected chi connectivity index (χ1v) is 35.9. The van der Waals surface area contributed by atoms with Gasteiger partial charge in [0.05, 0.1) is 44.4 Å². The molecule has 0 saturated heterocycles. The molecule has 18 aromatic rings. The summed E-state index contributed by atoms with van der Waals surface area (Å²) >= 11 is 0. The second-order valence-corrected chi connectivity index (χ2v) is 28.5. The first kappa shape index (κ1) is 53.6. The van der Waals surface area contributed by atoms with Crippen molar-refractivity contribution in [2.24, 2.45) is 0 Å². The van der Waals surface area contributed by atoms with E-state index in [1.165, 1.54) is 0 Å². The van der Waals surface area contributed by atoms with Crippen LogP contribution in [-0.2, 0) is 5.41 Å². The van der Waals surface area contributed by atoms with Crippen LogP contribution in [0.15, 0.2) is 376 Å². The van der Waals surface area contributed by atoms with Crippen molar-refractivity contribution in [3.05, 3.63) is 381 Å². The number of fused-ring (bicyclic) bond motifs is 10. The van der Waals surface area contributed by atoms with Crippen molar-refractivity contribution in [2.75, 3.05) is 9.80 Å². The van der Waals surface area contributed by atoms with Gasteiger partial charge in [-0.15, -0.1) is 0 Å². The summed E-state index contributed by atoms with van der Waals surface area (Å²) in [4.78, 5) is 5.04. The van der Waals surface area contributed by atoms with Crippen molar-refractivity contribution in [1.29, 1.82) is 0 Å². The maximum atomic E-state index is 9.88. The number of para-hydroxylation sites is 4. The van der Waals surface area contributed by atoms with E-state index in [0.717, 1.165) is 161 Å². The topological polar surface area (TPSA) is 16.3 Å². The zero-order valence-corrected chi connectivity index (χ0v) is 58.0. The third kappa shape index (κ3) is 10.2. The molecule has 494 valence electrons. The molecular weight excluding hydrogens is 1270 g/mol. The van der Waals surface area contributed by atoms with Crippen LogP contribution in [0.4, 0.5) is 34.1 Å². The summed E-state index contributed by atoms with van der Waals surface area (Å²) in [6.07, 6.45) is 0. The summed E-state index contributed by atoms with van der Waals surface area (Å²) in [6, 6.07) is 114. The smallest absolute Gasteiger partial charge is 0.252 e. The van der Waals surface area contributed by atoms with Crippen LogP contribution < -0.4 is 26.2 Å². The molecule has 4 nitrogen and oxygen atoms in total. The molecule has 0 atom stereocenters. The van der Waals surface area contributed by atoms with Crippen LogP contribution in [0.1, 0.15) is 37.3 Å². The van der Waals surface area contributed by atoms with E-state index in [1.54, 1.807) is 4.57 Å². The van der Waals surface area contributed by atoms with Gasteiger partial charge in [-0.1, -0.05) is 300 Å². The third-order valence-corrected chi connectivity index (χ3v) is 21.5. The molecule has 0 aliphatic carbocycles. The van der Waals surface area contributed by atoms with Gasteiger partial charge in [0.25, 0.3) is 6.71 Å². The van der Waals surface area contributed by atoms with Crippen LogP contribution in [0.2, 0.25) is 0 Å². The van der Waals surface area contributed by atoms with Gasteiger partial charge in [-0.05, 0) is 180 Å². The highest BCUT2D eigenvalue weighted by molar-refractivity contribution is 7.00. The van der Waals surface area contributed by atoms with E-state index >= 15 is 0 Å². The normalized spacial score (nSPS) is 13.5. The lowest BCUT2D eigenvalue weighted by atomic mass is 9.33. The lowest BCUT2D eigenvalue weighted by Gasteiger charge is -2.46. The van der Waals surface area contributed by atoms with Crippen molar-refractivity contribution in [2.45, 2.75) is 26.2 Å². The molecule has 0 unspecified atom stereocenters. The Morgan fingerprint density at radius 3 is 1.12 bits per heavy atom. The minimum Gasteiger partial charge on any atom is -0.310 e. The summed E-state index contributed by atoms with van der Waals surface area (Å²) in [6.45, 7) is 6.34. The third-order valence-electron chi connectivity index (χ3n) is 21.5. The zero-order valence-electron chi connectivity index (χ0n) is 66.0. The van der Waals surface area contributed by atoms with Crippen LogP contribution in [-0.4, -0.2) is 15.8 Å². The number of benzene rings is 16. The minimum absolute atomic E-state index is 0.00589. The molecule has 105 heavy (non-hydrogen) atoms. The second kappa shape index (κ2) is 24.8. The average Bonchev–Trinajstić information content (AvgIpc) is 1.14. The molecule has 0 fully saturated rings. The molecule has 0 amide bonds. The Kier molecular flexibility index (Phi) is 12.7.